The van der Waals surface area contributed by atoms with Crippen molar-refractivity contribution in [1.82, 2.24) is 4.90 Å². The van der Waals surface area contributed by atoms with Gasteiger partial charge in [-0.3, -0.25) is 4.90 Å². The largest absolute Gasteiger partial charge is 0.451 e. The highest BCUT2D eigenvalue weighted by molar-refractivity contribution is 9.13. The summed E-state index contributed by atoms with van der Waals surface area (Å²) in [4.78, 5) is 3.67. The average molecular weight is 422 g/mol. The predicted molar refractivity (Wildman–Crippen MR) is 91.2 cm³/mol. The number of halogens is 2. The van der Waals surface area contributed by atoms with E-state index in [1.54, 1.807) is 11.3 Å². The fourth-order valence-electron chi connectivity index (χ4n) is 2.18. The Morgan fingerprint density at radius 3 is 2.70 bits per heavy atom. The molecule has 0 aliphatic carbocycles. The highest BCUT2D eigenvalue weighted by Gasteiger charge is 2.24. The van der Waals surface area contributed by atoms with Gasteiger partial charge < -0.3 is 10.2 Å². The maximum Gasteiger partial charge on any atom is 0.183 e. The number of rotatable bonds is 6. The zero-order valence-electron chi connectivity index (χ0n) is 11.5. The van der Waals surface area contributed by atoms with Crippen LogP contribution in [0.5, 0.6) is 0 Å². The smallest absolute Gasteiger partial charge is 0.183 e. The van der Waals surface area contributed by atoms with Gasteiger partial charge in [-0.25, -0.2) is 0 Å². The fourth-order valence-corrected chi connectivity index (χ4v) is 3.62. The molecule has 110 valence electrons. The van der Waals surface area contributed by atoms with Crippen LogP contribution in [0.15, 0.2) is 37.1 Å². The SMILES string of the molecule is CC(Cc1cccs1)N(C)C(CN)c1cc(Br)c(Br)o1. The maximum atomic E-state index is 5.95. The molecule has 2 atom stereocenters. The third-order valence-electron chi connectivity index (χ3n) is 3.48. The minimum absolute atomic E-state index is 0.0764. The Bertz CT molecular complexity index is 522. The van der Waals surface area contributed by atoms with Gasteiger partial charge in [-0.05, 0) is 69.8 Å². The highest BCUT2D eigenvalue weighted by atomic mass is 79.9. The molecule has 0 spiro atoms. The van der Waals surface area contributed by atoms with E-state index >= 15 is 0 Å². The summed E-state index contributed by atoms with van der Waals surface area (Å²) >= 11 is 8.62. The van der Waals surface area contributed by atoms with Gasteiger partial charge in [-0.15, -0.1) is 11.3 Å². The quantitative estimate of drug-likeness (QED) is 0.750. The van der Waals surface area contributed by atoms with Gasteiger partial charge in [0.15, 0.2) is 4.67 Å². The minimum atomic E-state index is 0.0764. The Labute approximate surface area is 140 Å². The first-order valence-electron chi connectivity index (χ1n) is 6.42. The van der Waals surface area contributed by atoms with Gasteiger partial charge in [0.05, 0.1) is 10.5 Å². The van der Waals surface area contributed by atoms with Crippen LogP contribution in [0.25, 0.3) is 0 Å². The second-order valence-electron chi connectivity index (χ2n) is 4.82. The van der Waals surface area contributed by atoms with Crippen molar-refractivity contribution in [3.8, 4) is 0 Å². The second-order valence-corrected chi connectivity index (χ2v) is 7.43. The van der Waals surface area contributed by atoms with Crippen molar-refractivity contribution in [3.63, 3.8) is 0 Å². The molecule has 0 bridgehead atoms. The second kappa shape index (κ2) is 7.22. The molecule has 20 heavy (non-hydrogen) atoms. The number of thiophene rings is 1. The Balaban J connectivity index is 2.10. The molecule has 0 radical (unpaired) electrons. The van der Waals surface area contributed by atoms with E-state index in [0.717, 1.165) is 16.7 Å². The van der Waals surface area contributed by atoms with Crippen molar-refractivity contribution >= 4 is 43.2 Å². The van der Waals surface area contributed by atoms with Gasteiger partial charge in [0.2, 0.25) is 0 Å². The van der Waals surface area contributed by atoms with E-state index < -0.39 is 0 Å². The predicted octanol–water partition coefficient (Wildman–Crippen LogP) is 4.43. The van der Waals surface area contributed by atoms with Crippen LogP contribution in [-0.4, -0.2) is 24.5 Å². The molecular weight excluding hydrogens is 404 g/mol. The monoisotopic (exact) mass is 420 g/mol. The molecular formula is C14H18Br2N2OS. The summed E-state index contributed by atoms with van der Waals surface area (Å²) in [5.74, 6) is 0.881. The van der Waals surface area contributed by atoms with Crippen LogP contribution in [0.4, 0.5) is 0 Å². The van der Waals surface area contributed by atoms with Crippen LogP contribution in [0.1, 0.15) is 23.6 Å². The van der Waals surface area contributed by atoms with Gasteiger partial charge in [0, 0.05) is 17.5 Å². The summed E-state index contributed by atoms with van der Waals surface area (Å²) in [5, 5.41) is 2.11. The molecule has 0 saturated carbocycles. The van der Waals surface area contributed by atoms with Crippen LogP contribution in [0, 0.1) is 0 Å². The van der Waals surface area contributed by atoms with E-state index in [1.165, 1.54) is 4.88 Å². The number of nitrogens with zero attached hydrogens (tertiary/aromatic N) is 1. The van der Waals surface area contributed by atoms with Gasteiger partial charge in [-0.2, -0.15) is 0 Å². The maximum absolute atomic E-state index is 5.95. The van der Waals surface area contributed by atoms with E-state index in [2.05, 4.69) is 68.2 Å². The van der Waals surface area contributed by atoms with Crippen molar-refractivity contribution in [3.05, 3.63) is 43.4 Å². The van der Waals surface area contributed by atoms with Crippen molar-refractivity contribution in [2.75, 3.05) is 13.6 Å². The highest BCUT2D eigenvalue weighted by Crippen LogP contribution is 2.32. The molecule has 2 unspecified atom stereocenters. The van der Waals surface area contributed by atoms with Gasteiger partial charge in [0.1, 0.15) is 5.76 Å². The van der Waals surface area contributed by atoms with Crippen LogP contribution in [0.2, 0.25) is 0 Å². The number of likely N-dealkylation sites (N-methyl/N-ethyl adjacent to an activating group) is 1. The normalized spacial score (nSPS) is 14.7. The molecule has 3 nitrogen and oxygen atoms in total. The summed E-state index contributed by atoms with van der Waals surface area (Å²) in [6.45, 7) is 2.74. The first-order valence-corrected chi connectivity index (χ1v) is 8.88. The average Bonchev–Trinajstić information content (AvgIpc) is 3.01. The summed E-state index contributed by atoms with van der Waals surface area (Å²) < 4.78 is 7.36. The van der Waals surface area contributed by atoms with Crippen LogP contribution in [-0.2, 0) is 6.42 Å². The standard InChI is InChI=1S/C14H18Br2N2OS/c1-9(6-10-4-3-5-20-10)18(2)12(8-17)13-7-11(15)14(16)19-13/h3-5,7,9,12H,6,8,17H2,1-2H3. The van der Waals surface area contributed by atoms with Gasteiger partial charge in [0.25, 0.3) is 0 Å². The summed E-state index contributed by atoms with van der Waals surface area (Å²) in [5.41, 5.74) is 5.95. The molecule has 0 aliphatic rings. The van der Waals surface area contributed by atoms with Crippen molar-refractivity contribution in [1.29, 1.82) is 0 Å². The molecule has 0 amide bonds. The summed E-state index contributed by atoms with van der Waals surface area (Å²) in [7, 11) is 2.10. The molecule has 2 aromatic heterocycles. The van der Waals surface area contributed by atoms with E-state index in [1.807, 2.05) is 6.07 Å². The third kappa shape index (κ3) is 3.74. The van der Waals surface area contributed by atoms with E-state index in [-0.39, 0.29) is 6.04 Å². The Hall–Kier alpha value is -0.140. The van der Waals surface area contributed by atoms with Crippen LogP contribution in [0.3, 0.4) is 0 Å². The molecule has 2 aromatic rings. The third-order valence-corrected chi connectivity index (χ3v) is 6.09. The Morgan fingerprint density at radius 1 is 1.45 bits per heavy atom. The molecule has 2 rings (SSSR count). The summed E-state index contributed by atoms with van der Waals surface area (Å²) in [6.07, 6.45) is 1.02. The Kier molecular flexibility index (Phi) is 5.86. The first-order chi connectivity index (χ1) is 9.52. The molecule has 0 fully saturated rings. The van der Waals surface area contributed by atoms with Crippen molar-refractivity contribution < 1.29 is 4.42 Å². The van der Waals surface area contributed by atoms with E-state index in [0.29, 0.717) is 17.3 Å². The Morgan fingerprint density at radius 2 is 2.20 bits per heavy atom. The van der Waals surface area contributed by atoms with E-state index in [4.69, 9.17) is 10.2 Å². The lowest BCUT2D eigenvalue weighted by atomic mass is 10.1. The lowest BCUT2D eigenvalue weighted by Gasteiger charge is -2.31. The lowest BCUT2D eigenvalue weighted by molar-refractivity contribution is 0.166. The number of hydrogen-bond acceptors (Lipinski definition) is 4. The zero-order valence-corrected chi connectivity index (χ0v) is 15.5. The zero-order chi connectivity index (χ0) is 14.7. The molecule has 0 saturated heterocycles. The fraction of sp³-hybridized carbons (Fsp3) is 0.429. The lowest BCUT2D eigenvalue weighted by Crippen LogP contribution is -2.37. The molecule has 6 heteroatoms. The van der Waals surface area contributed by atoms with Gasteiger partial charge >= 0.3 is 0 Å². The molecule has 2 N–H and O–H groups in total. The van der Waals surface area contributed by atoms with Crippen LogP contribution >= 0.6 is 43.2 Å². The van der Waals surface area contributed by atoms with E-state index in [9.17, 15) is 0 Å². The first kappa shape index (κ1) is 16.2. The summed E-state index contributed by atoms with van der Waals surface area (Å²) in [6, 6.07) is 6.72. The van der Waals surface area contributed by atoms with Crippen molar-refractivity contribution in [2.45, 2.75) is 25.4 Å². The number of furan rings is 1. The molecule has 0 aliphatic heterocycles. The van der Waals surface area contributed by atoms with Crippen molar-refractivity contribution in [2.24, 2.45) is 5.73 Å². The minimum Gasteiger partial charge on any atom is -0.451 e. The van der Waals surface area contributed by atoms with Crippen LogP contribution < -0.4 is 5.73 Å². The number of nitrogens with two attached hydrogens (primary N) is 1. The molecule has 2 heterocycles. The number of hydrogen-bond donors (Lipinski definition) is 1. The van der Waals surface area contributed by atoms with Gasteiger partial charge in [-0.1, -0.05) is 6.07 Å². The topological polar surface area (TPSA) is 42.4 Å². The molecule has 0 aromatic carbocycles.